The second-order valence-electron chi connectivity index (χ2n) is 5.39. The van der Waals surface area contributed by atoms with E-state index in [9.17, 15) is 0 Å². The van der Waals surface area contributed by atoms with E-state index < -0.39 is 0 Å². The van der Waals surface area contributed by atoms with Crippen molar-refractivity contribution in [3.63, 3.8) is 0 Å². The van der Waals surface area contributed by atoms with Crippen LogP contribution >= 0.6 is 0 Å². The molecule has 0 saturated heterocycles. The van der Waals surface area contributed by atoms with Gasteiger partial charge in [-0.25, -0.2) is 9.97 Å². The van der Waals surface area contributed by atoms with Crippen molar-refractivity contribution in [1.29, 1.82) is 0 Å². The predicted molar refractivity (Wildman–Crippen MR) is 76.2 cm³/mol. The molecule has 1 N–H and O–H groups in total. The summed E-state index contributed by atoms with van der Waals surface area (Å²) in [7, 11) is 4.06. The number of aromatic nitrogens is 2. The number of rotatable bonds is 5. The second kappa shape index (κ2) is 5.12. The Bertz CT molecular complexity index is 430. The van der Waals surface area contributed by atoms with Gasteiger partial charge in [0.1, 0.15) is 17.5 Å². The normalized spacial score (nSPS) is 21.8. The summed E-state index contributed by atoms with van der Waals surface area (Å²) in [5.41, 5.74) is 1.14. The average molecular weight is 248 g/mol. The van der Waals surface area contributed by atoms with Crippen LogP contribution in [-0.4, -0.2) is 30.6 Å². The fourth-order valence-corrected chi connectivity index (χ4v) is 2.41. The maximum absolute atomic E-state index is 4.68. The van der Waals surface area contributed by atoms with Crippen LogP contribution < -0.4 is 10.2 Å². The van der Waals surface area contributed by atoms with E-state index in [1.807, 2.05) is 7.05 Å². The molecule has 0 bridgehead atoms. The molecule has 1 aromatic heterocycles. The van der Waals surface area contributed by atoms with E-state index in [0.717, 1.165) is 47.8 Å². The van der Waals surface area contributed by atoms with E-state index in [-0.39, 0.29) is 0 Å². The highest BCUT2D eigenvalue weighted by Crippen LogP contribution is 2.39. The lowest BCUT2D eigenvalue weighted by Crippen LogP contribution is -2.24. The van der Waals surface area contributed by atoms with Gasteiger partial charge in [-0.2, -0.15) is 0 Å². The van der Waals surface area contributed by atoms with Crippen LogP contribution in [0.4, 0.5) is 11.6 Å². The first-order valence-electron chi connectivity index (χ1n) is 6.83. The van der Waals surface area contributed by atoms with Gasteiger partial charge in [0.05, 0.1) is 0 Å². The van der Waals surface area contributed by atoms with E-state index in [2.05, 4.69) is 48.0 Å². The smallest absolute Gasteiger partial charge is 0.137 e. The highest BCUT2D eigenvalue weighted by molar-refractivity contribution is 5.58. The van der Waals surface area contributed by atoms with Gasteiger partial charge < -0.3 is 10.2 Å². The fourth-order valence-electron chi connectivity index (χ4n) is 2.41. The Labute approximate surface area is 110 Å². The summed E-state index contributed by atoms with van der Waals surface area (Å²) in [6.07, 6.45) is 2.23. The lowest BCUT2D eigenvalue weighted by atomic mass is 10.2. The summed E-state index contributed by atoms with van der Waals surface area (Å²) in [5, 5.41) is 3.17. The minimum atomic E-state index is 0.840. The number of anilines is 2. The lowest BCUT2D eigenvalue weighted by Gasteiger charge is -2.22. The summed E-state index contributed by atoms with van der Waals surface area (Å²) in [6, 6.07) is 0. The summed E-state index contributed by atoms with van der Waals surface area (Å²) >= 11 is 0. The first-order valence-corrected chi connectivity index (χ1v) is 6.83. The molecule has 1 aliphatic carbocycles. The Balaban J connectivity index is 2.24. The molecule has 100 valence electrons. The van der Waals surface area contributed by atoms with Crippen molar-refractivity contribution in [2.45, 2.75) is 33.6 Å². The zero-order chi connectivity index (χ0) is 13.3. The zero-order valence-corrected chi connectivity index (χ0v) is 12.1. The van der Waals surface area contributed by atoms with Crippen LogP contribution in [0.3, 0.4) is 0 Å². The lowest BCUT2D eigenvalue weighted by molar-refractivity contribution is 0.714. The first-order chi connectivity index (χ1) is 8.56. The van der Waals surface area contributed by atoms with Crippen LogP contribution in [0.25, 0.3) is 0 Å². The van der Waals surface area contributed by atoms with Gasteiger partial charge in [-0.15, -0.1) is 0 Å². The summed E-state index contributed by atoms with van der Waals surface area (Å²) < 4.78 is 0. The van der Waals surface area contributed by atoms with Gasteiger partial charge in [0.2, 0.25) is 0 Å². The monoisotopic (exact) mass is 248 g/mol. The van der Waals surface area contributed by atoms with E-state index in [4.69, 9.17) is 0 Å². The largest absolute Gasteiger partial charge is 0.373 e. The number of aryl methyl sites for hydroxylation is 1. The van der Waals surface area contributed by atoms with E-state index >= 15 is 0 Å². The first kappa shape index (κ1) is 13.1. The van der Waals surface area contributed by atoms with Crippen molar-refractivity contribution >= 4 is 11.6 Å². The van der Waals surface area contributed by atoms with Gasteiger partial charge in [0.25, 0.3) is 0 Å². The van der Waals surface area contributed by atoms with Crippen LogP contribution in [0, 0.1) is 18.8 Å². The van der Waals surface area contributed by atoms with Crippen molar-refractivity contribution in [3.05, 3.63) is 11.4 Å². The Morgan fingerprint density at radius 2 is 2.06 bits per heavy atom. The number of nitrogens with one attached hydrogen (secondary N) is 1. The standard InChI is InChI=1S/C14H24N4/c1-6-12-16-13(15-4)10(3)14(17-12)18(5)8-11-7-9(11)2/h9,11H,6-8H2,1-5H3,(H,15,16,17). The van der Waals surface area contributed by atoms with Crippen LogP contribution in [-0.2, 0) is 6.42 Å². The second-order valence-corrected chi connectivity index (χ2v) is 5.39. The topological polar surface area (TPSA) is 41.1 Å². The Hall–Kier alpha value is -1.32. The molecular weight excluding hydrogens is 224 g/mol. The molecule has 2 unspecified atom stereocenters. The maximum atomic E-state index is 4.68. The van der Waals surface area contributed by atoms with Crippen molar-refractivity contribution in [2.75, 3.05) is 30.9 Å². The highest BCUT2D eigenvalue weighted by atomic mass is 15.2. The van der Waals surface area contributed by atoms with Crippen LogP contribution in [0.5, 0.6) is 0 Å². The molecule has 1 saturated carbocycles. The molecule has 18 heavy (non-hydrogen) atoms. The van der Waals surface area contributed by atoms with Crippen molar-refractivity contribution < 1.29 is 0 Å². The number of hydrogen-bond acceptors (Lipinski definition) is 4. The van der Waals surface area contributed by atoms with Gasteiger partial charge in [0.15, 0.2) is 0 Å². The van der Waals surface area contributed by atoms with Crippen LogP contribution in [0.1, 0.15) is 31.7 Å². The van der Waals surface area contributed by atoms with Gasteiger partial charge >= 0.3 is 0 Å². The molecule has 4 nitrogen and oxygen atoms in total. The SMILES string of the molecule is CCc1nc(NC)c(C)c(N(C)CC2CC2C)n1. The number of hydrogen-bond donors (Lipinski definition) is 1. The predicted octanol–water partition coefficient (Wildman–Crippen LogP) is 2.48. The summed E-state index contributed by atoms with van der Waals surface area (Å²) in [4.78, 5) is 11.5. The molecule has 1 heterocycles. The molecule has 2 rings (SSSR count). The van der Waals surface area contributed by atoms with Crippen molar-refractivity contribution in [2.24, 2.45) is 11.8 Å². The number of nitrogens with zero attached hydrogens (tertiary/aromatic N) is 3. The van der Waals surface area contributed by atoms with Crippen molar-refractivity contribution in [3.8, 4) is 0 Å². The van der Waals surface area contributed by atoms with Crippen LogP contribution in [0.2, 0.25) is 0 Å². The summed E-state index contributed by atoms with van der Waals surface area (Å²) in [5.74, 6) is 4.66. The molecule has 2 atom stereocenters. The molecular formula is C14H24N4. The average Bonchev–Trinajstić information content (AvgIpc) is 3.05. The highest BCUT2D eigenvalue weighted by Gasteiger charge is 2.33. The van der Waals surface area contributed by atoms with Crippen molar-refractivity contribution in [1.82, 2.24) is 9.97 Å². The summed E-state index contributed by atoms with van der Waals surface area (Å²) in [6.45, 7) is 7.61. The Morgan fingerprint density at radius 1 is 1.39 bits per heavy atom. The molecule has 4 heteroatoms. The fraction of sp³-hybridized carbons (Fsp3) is 0.714. The van der Waals surface area contributed by atoms with E-state index in [1.54, 1.807) is 0 Å². The van der Waals surface area contributed by atoms with Gasteiger partial charge in [-0.05, 0) is 25.2 Å². The quantitative estimate of drug-likeness (QED) is 0.869. The third kappa shape index (κ3) is 2.57. The van der Waals surface area contributed by atoms with Crippen LogP contribution in [0.15, 0.2) is 0 Å². The minimum absolute atomic E-state index is 0.840. The molecule has 0 radical (unpaired) electrons. The van der Waals surface area contributed by atoms with E-state index in [1.165, 1.54) is 6.42 Å². The minimum Gasteiger partial charge on any atom is -0.373 e. The molecule has 1 aromatic rings. The third-order valence-electron chi connectivity index (χ3n) is 3.87. The Kier molecular flexibility index (Phi) is 3.73. The molecule has 0 amide bonds. The Morgan fingerprint density at radius 3 is 2.56 bits per heavy atom. The molecule has 0 aromatic carbocycles. The van der Waals surface area contributed by atoms with Gasteiger partial charge in [-0.1, -0.05) is 13.8 Å². The molecule has 1 aliphatic rings. The molecule has 0 spiro atoms. The molecule has 1 fully saturated rings. The maximum Gasteiger partial charge on any atom is 0.137 e. The van der Waals surface area contributed by atoms with Gasteiger partial charge in [-0.3, -0.25) is 0 Å². The molecule has 0 aliphatic heterocycles. The zero-order valence-electron chi connectivity index (χ0n) is 12.1. The van der Waals surface area contributed by atoms with E-state index in [0.29, 0.717) is 0 Å². The third-order valence-corrected chi connectivity index (χ3v) is 3.87. The van der Waals surface area contributed by atoms with Gasteiger partial charge in [0, 0.05) is 32.6 Å².